The fraction of sp³-hybridized carbons (Fsp3) is 0.700. The second kappa shape index (κ2) is 10.5. The molecule has 2 aliphatic heterocycles. The summed E-state index contributed by atoms with van der Waals surface area (Å²) in [5.41, 5.74) is 0. The quantitative estimate of drug-likeness (QED) is 0.452. The monoisotopic (exact) mass is 390 g/mol. The summed E-state index contributed by atoms with van der Waals surface area (Å²) in [6.45, 7) is 9.71. The van der Waals surface area contributed by atoms with E-state index in [1.165, 1.54) is 19.5 Å². The van der Waals surface area contributed by atoms with Gasteiger partial charge in [0.1, 0.15) is 0 Å². The number of piperazine rings is 1. The van der Waals surface area contributed by atoms with E-state index in [0.29, 0.717) is 18.8 Å². The van der Waals surface area contributed by atoms with E-state index < -0.39 is 0 Å². The average molecular weight is 391 g/mol. The molecule has 1 amide bonds. The van der Waals surface area contributed by atoms with E-state index in [2.05, 4.69) is 32.1 Å². The predicted molar refractivity (Wildman–Crippen MR) is 111 cm³/mol. The Balaban J connectivity index is 1.36. The van der Waals surface area contributed by atoms with E-state index in [1.54, 1.807) is 18.4 Å². The first-order valence-electron chi connectivity index (χ1n) is 10.4. The molecule has 2 aliphatic rings. The van der Waals surface area contributed by atoms with Gasteiger partial charge in [-0.05, 0) is 51.7 Å². The molecule has 28 heavy (non-hydrogen) atoms. The van der Waals surface area contributed by atoms with Crippen molar-refractivity contribution in [3.8, 4) is 0 Å². The van der Waals surface area contributed by atoms with Gasteiger partial charge < -0.3 is 29.3 Å². The second-order valence-electron chi connectivity index (χ2n) is 7.58. The molecule has 1 aromatic heterocycles. The third-order valence-corrected chi connectivity index (χ3v) is 5.56. The average Bonchev–Trinajstić information content (AvgIpc) is 3.18. The van der Waals surface area contributed by atoms with Crippen LogP contribution in [0.1, 0.15) is 23.4 Å². The van der Waals surface area contributed by atoms with Crippen molar-refractivity contribution in [2.45, 2.75) is 12.8 Å². The molecule has 1 N–H and O–H groups in total. The van der Waals surface area contributed by atoms with E-state index in [0.717, 1.165) is 51.6 Å². The van der Waals surface area contributed by atoms with E-state index in [1.807, 2.05) is 11.9 Å². The number of hydrogen-bond donors (Lipinski definition) is 1. The van der Waals surface area contributed by atoms with Crippen LogP contribution in [0.15, 0.2) is 27.8 Å². The van der Waals surface area contributed by atoms with Crippen LogP contribution in [0, 0.1) is 0 Å². The van der Waals surface area contributed by atoms with Crippen molar-refractivity contribution in [3.63, 3.8) is 0 Å². The number of furan rings is 1. The van der Waals surface area contributed by atoms with Crippen LogP contribution >= 0.6 is 0 Å². The zero-order valence-corrected chi connectivity index (χ0v) is 17.3. The minimum atomic E-state index is -0.0318. The molecule has 0 bridgehead atoms. The summed E-state index contributed by atoms with van der Waals surface area (Å²) in [6, 6.07) is 3.47. The maximum atomic E-state index is 12.4. The molecule has 3 heterocycles. The molecule has 0 saturated carbocycles. The maximum absolute atomic E-state index is 12.4. The van der Waals surface area contributed by atoms with Crippen LogP contribution in [0.4, 0.5) is 0 Å². The molecule has 0 radical (unpaired) electrons. The molecule has 1 aromatic rings. The normalized spacial score (nSPS) is 20.3. The zero-order valence-electron chi connectivity index (χ0n) is 17.3. The van der Waals surface area contributed by atoms with Crippen LogP contribution in [0.5, 0.6) is 0 Å². The molecule has 8 nitrogen and oxygen atoms in total. The van der Waals surface area contributed by atoms with Gasteiger partial charge in [0.15, 0.2) is 11.7 Å². The molecule has 156 valence electrons. The van der Waals surface area contributed by atoms with Crippen molar-refractivity contribution in [1.29, 1.82) is 0 Å². The number of aliphatic imine (C=N–C) groups is 1. The lowest BCUT2D eigenvalue weighted by Gasteiger charge is -2.36. The minimum absolute atomic E-state index is 0.0318. The van der Waals surface area contributed by atoms with Crippen LogP contribution < -0.4 is 5.32 Å². The highest BCUT2D eigenvalue weighted by molar-refractivity contribution is 5.91. The maximum Gasteiger partial charge on any atom is 0.289 e. The molecule has 0 atom stereocenters. The Morgan fingerprint density at radius 2 is 1.89 bits per heavy atom. The van der Waals surface area contributed by atoms with Gasteiger partial charge in [0, 0.05) is 52.9 Å². The standard InChI is InChI=1S/C20H34N6O2/c1-21-20(22-7-4-9-24-10-5-8-23(2)11-12-24)26-15-13-25(14-16-26)19(27)18-6-3-17-28-18/h3,6,17H,4-5,7-16H2,1-2H3,(H,21,22). The molecular formula is C20H34N6O2. The summed E-state index contributed by atoms with van der Waals surface area (Å²) in [4.78, 5) is 25.9. The molecule has 2 fully saturated rings. The summed E-state index contributed by atoms with van der Waals surface area (Å²) < 4.78 is 5.23. The molecule has 8 heteroatoms. The number of amides is 1. The Hall–Kier alpha value is -2.06. The van der Waals surface area contributed by atoms with Crippen LogP contribution in [0.2, 0.25) is 0 Å². The van der Waals surface area contributed by atoms with E-state index in [-0.39, 0.29) is 5.91 Å². The Bertz CT molecular complexity index is 625. The third kappa shape index (κ3) is 5.72. The second-order valence-corrected chi connectivity index (χ2v) is 7.58. The number of carbonyl (C=O) groups excluding carboxylic acids is 1. The summed E-state index contributed by atoms with van der Waals surface area (Å²) in [5.74, 6) is 1.31. The van der Waals surface area contributed by atoms with Crippen LogP contribution in [0.3, 0.4) is 0 Å². The molecule has 0 aliphatic carbocycles. The van der Waals surface area contributed by atoms with Crippen molar-refractivity contribution in [1.82, 2.24) is 24.9 Å². The van der Waals surface area contributed by atoms with Gasteiger partial charge in [-0.2, -0.15) is 0 Å². The van der Waals surface area contributed by atoms with Gasteiger partial charge in [-0.15, -0.1) is 0 Å². The van der Waals surface area contributed by atoms with Crippen LogP contribution in [-0.2, 0) is 0 Å². The highest BCUT2D eigenvalue weighted by Crippen LogP contribution is 2.09. The number of rotatable bonds is 5. The van der Waals surface area contributed by atoms with Crippen molar-refractivity contribution in [2.75, 3.05) is 79.5 Å². The summed E-state index contributed by atoms with van der Waals surface area (Å²) >= 11 is 0. The zero-order chi connectivity index (χ0) is 19.8. The van der Waals surface area contributed by atoms with Gasteiger partial charge in [-0.1, -0.05) is 0 Å². The van der Waals surface area contributed by atoms with Gasteiger partial charge in [0.2, 0.25) is 0 Å². The van der Waals surface area contributed by atoms with E-state index >= 15 is 0 Å². The molecule has 0 spiro atoms. The summed E-state index contributed by atoms with van der Waals surface area (Å²) in [6.07, 6.45) is 3.91. The SMILES string of the molecule is CN=C(NCCCN1CCCN(C)CC1)N1CCN(C(=O)c2ccco2)CC1. The lowest BCUT2D eigenvalue weighted by Crippen LogP contribution is -2.54. The molecule has 0 unspecified atom stereocenters. The van der Waals surface area contributed by atoms with Crippen LogP contribution in [-0.4, -0.2) is 111 Å². The van der Waals surface area contributed by atoms with Gasteiger partial charge in [-0.3, -0.25) is 9.79 Å². The topological polar surface area (TPSA) is 67.6 Å². The van der Waals surface area contributed by atoms with Crippen molar-refractivity contribution < 1.29 is 9.21 Å². The first-order valence-corrected chi connectivity index (χ1v) is 10.4. The number of nitrogens with one attached hydrogen (secondary N) is 1. The molecular weight excluding hydrogens is 356 g/mol. The third-order valence-electron chi connectivity index (χ3n) is 5.56. The Morgan fingerprint density at radius 1 is 1.11 bits per heavy atom. The molecule has 3 rings (SSSR count). The highest BCUT2D eigenvalue weighted by Gasteiger charge is 2.25. The predicted octanol–water partition coefficient (Wildman–Crippen LogP) is 0.640. The van der Waals surface area contributed by atoms with Crippen molar-refractivity contribution >= 4 is 11.9 Å². The highest BCUT2D eigenvalue weighted by atomic mass is 16.3. The fourth-order valence-corrected chi connectivity index (χ4v) is 3.84. The van der Waals surface area contributed by atoms with Crippen molar-refractivity contribution in [2.24, 2.45) is 4.99 Å². The first kappa shape index (κ1) is 20.7. The number of nitrogens with zero attached hydrogens (tertiary/aromatic N) is 5. The van der Waals surface area contributed by atoms with Gasteiger partial charge in [0.25, 0.3) is 5.91 Å². The minimum Gasteiger partial charge on any atom is -0.459 e. The molecule has 2 saturated heterocycles. The van der Waals surface area contributed by atoms with E-state index in [9.17, 15) is 4.79 Å². The number of hydrogen-bond acceptors (Lipinski definition) is 5. The van der Waals surface area contributed by atoms with Gasteiger partial charge in [-0.25, -0.2) is 0 Å². The Morgan fingerprint density at radius 3 is 2.61 bits per heavy atom. The van der Waals surface area contributed by atoms with Gasteiger partial charge in [0.05, 0.1) is 6.26 Å². The summed E-state index contributed by atoms with van der Waals surface area (Å²) in [7, 11) is 4.03. The number of likely N-dealkylation sites (N-methyl/N-ethyl adjacent to an activating group) is 1. The lowest BCUT2D eigenvalue weighted by molar-refractivity contribution is 0.0657. The van der Waals surface area contributed by atoms with Crippen LogP contribution in [0.25, 0.3) is 0 Å². The number of carbonyl (C=O) groups is 1. The Kier molecular flexibility index (Phi) is 7.73. The fourth-order valence-electron chi connectivity index (χ4n) is 3.84. The van der Waals surface area contributed by atoms with Crippen molar-refractivity contribution in [3.05, 3.63) is 24.2 Å². The number of guanidine groups is 1. The smallest absolute Gasteiger partial charge is 0.289 e. The lowest BCUT2D eigenvalue weighted by atomic mass is 10.3. The summed E-state index contributed by atoms with van der Waals surface area (Å²) in [5, 5.41) is 3.49. The Labute approximate surface area is 168 Å². The first-order chi connectivity index (χ1) is 13.7. The largest absolute Gasteiger partial charge is 0.459 e. The van der Waals surface area contributed by atoms with Gasteiger partial charge >= 0.3 is 0 Å². The molecule has 0 aromatic carbocycles. The van der Waals surface area contributed by atoms with E-state index in [4.69, 9.17) is 4.42 Å².